The lowest BCUT2D eigenvalue weighted by molar-refractivity contribution is 0.571. The first-order chi connectivity index (χ1) is 7.80. The molecule has 1 heterocycles. The summed E-state index contributed by atoms with van der Waals surface area (Å²) in [6.07, 6.45) is 0. The Morgan fingerprint density at radius 3 is 2.24 bits per heavy atom. The summed E-state index contributed by atoms with van der Waals surface area (Å²) in [6, 6.07) is 5.45. The lowest BCUT2D eigenvalue weighted by Gasteiger charge is -2.19. The van der Waals surface area contributed by atoms with Crippen molar-refractivity contribution in [3.8, 4) is 0 Å². The van der Waals surface area contributed by atoms with Crippen LogP contribution in [-0.2, 0) is 5.41 Å². The summed E-state index contributed by atoms with van der Waals surface area (Å²) in [6.45, 7) is 6.24. The zero-order valence-corrected chi connectivity index (χ0v) is 12.1. The normalized spacial score (nSPS) is 12.1. The molecule has 1 aromatic carbocycles. The number of halogens is 3. The first-order valence-corrected chi connectivity index (χ1v) is 6.39. The van der Waals surface area contributed by atoms with E-state index in [4.69, 9.17) is 34.8 Å². The Bertz CT molecular complexity index is 585. The van der Waals surface area contributed by atoms with Crippen molar-refractivity contribution in [1.29, 1.82) is 0 Å². The molecular weight excluding hydrogens is 277 g/mol. The second-order valence-corrected chi connectivity index (χ2v) is 6.19. The second-order valence-electron chi connectivity index (χ2n) is 5.00. The molecular formula is C13H12Cl3N. The quantitative estimate of drug-likeness (QED) is 0.624. The van der Waals surface area contributed by atoms with Gasteiger partial charge in [-0.25, -0.2) is 0 Å². The van der Waals surface area contributed by atoms with Crippen LogP contribution in [-0.4, -0.2) is 4.98 Å². The maximum absolute atomic E-state index is 6.25. The van der Waals surface area contributed by atoms with E-state index in [9.17, 15) is 0 Å². The highest BCUT2D eigenvalue weighted by Gasteiger charge is 2.18. The average molecular weight is 289 g/mol. The number of hydrogen-bond donors (Lipinski definition) is 0. The minimum atomic E-state index is -0.0799. The molecule has 0 saturated carbocycles. The van der Waals surface area contributed by atoms with Crippen LogP contribution in [0.5, 0.6) is 0 Å². The van der Waals surface area contributed by atoms with Crippen LogP contribution >= 0.6 is 34.8 Å². The second kappa shape index (κ2) is 4.31. The van der Waals surface area contributed by atoms with E-state index in [1.54, 1.807) is 6.07 Å². The van der Waals surface area contributed by atoms with E-state index in [1.165, 1.54) is 0 Å². The lowest BCUT2D eigenvalue weighted by Crippen LogP contribution is -2.13. The topological polar surface area (TPSA) is 12.9 Å². The van der Waals surface area contributed by atoms with Gasteiger partial charge in [0.1, 0.15) is 0 Å². The molecule has 0 unspecified atom stereocenters. The molecule has 90 valence electrons. The maximum atomic E-state index is 6.25. The fourth-order valence-electron chi connectivity index (χ4n) is 1.58. The molecule has 0 aliphatic carbocycles. The van der Waals surface area contributed by atoms with Gasteiger partial charge in [0.15, 0.2) is 0 Å². The largest absolute Gasteiger partial charge is 0.251 e. The van der Waals surface area contributed by atoms with Crippen molar-refractivity contribution >= 4 is 45.7 Å². The summed E-state index contributed by atoms with van der Waals surface area (Å²) >= 11 is 18.4. The van der Waals surface area contributed by atoms with Crippen LogP contribution in [0.15, 0.2) is 18.2 Å². The SMILES string of the molecule is CC(C)(C)c1cc(Cl)c2ccc(Cl)c(Cl)c2n1. The maximum Gasteiger partial charge on any atom is 0.0921 e. The van der Waals surface area contributed by atoms with Crippen LogP contribution in [0, 0.1) is 0 Å². The number of nitrogens with zero attached hydrogens (tertiary/aromatic N) is 1. The molecule has 0 spiro atoms. The Balaban J connectivity index is 2.84. The van der Waals surface area contributed by atoms with Crippen molar-refractivity contribution in [2.75, 3.05) is 0 Å². The van der Waals surface area contributed by atoms with Gasteiger partial charge in [-0.3, -0.25) is 4.98 Å². The highest BCUT2D eigenvalue weighted by molar-refractivity contribution is 6.46. The minimum absolute atomic E-state index is 0.0799. The number of fused-ring (bicyclic) bond motifs is 1. The Morgan fingerprint density at radius 1 is 1.00 bits per heavy atom. The van der Waals surface area contributed by atoms with E-state index in [-0.39, 0.29) is 5.41 Å². The van der Waals surface area contributed by atoms with Gasteiger partial charge in [0.25, 0.3) is 0 Å². The van der Waals surface area contributed by atoms with Gasteiger partial charge in [0, 0.05) is 16.5 Å². The van der Waals surface area contributed by atoms with E-state index < -0.39 is 0 Å². The summed E-state index contributed by atoms with van der Waals surface area (Å²) in [4.78, 5) is 4.57. The molecule has 1 nitrogen and oxygen atoms in total. The Labute approximate surface area is 116 Å². The van der Waals surface area contributed by atoms with Crippen LogP contribution < -0.4 is 0 Å². The molecule has 0 bridgehead atoms. The van der Waals surface area contributed by atoms with Crippen molar-refractivity contribution in [2.45, 2.75) is 26.2 Å². The van der Waals surface area contributed by atoms with E-state index in [1.807, 2.05) is 12.1 Å². The third-order valence-corrected chi connectivity index (χ3v) is 3.70. The van der Waals surface area contributed by atoms with Crippen molar-refractivity contribution < 1.29 is 0 Å². The number of benzene rings is 1. The molecule has 0 fully saturated rings. The molecule has 4 heteroatoms. The standard InChI is InChI=1S/C13H12Cl3N/c1-13(2,3)10-6-9(15)7-4-5-8(14)11(16)12(7)17-10/h4-6H,1-3H3. The van der Waals surface area contributed by atoms with E-state index >= 15 is 0 Å². The highest BCUT2D eigenvalue weighted by atomic mass is 35.5. The molecule has 0 aliphatic rings. The van der Waals surface area contributed by atoms with Gasteiger partial charge >= 0.3 is 0 Å². The monoisotopic (exact) mass is 287 g/mol. The molecule has 2 rings (SSSR count). The Morgan fingerprint density at radius 2 is 1.65 bits per heavy atom. The van der Waals surface area contributed by atoms with Crippen molar-refractivity contribution in [2.24, 2.45) is 0 Å². The Hall–Kier alpha value is -0.500. The molecule has 2 aromatic rings. The van der Waals surface area contributed by atoms with Crippen molar-refractivity contribution in [3.05, 3.63) is 39.0 Å². The molecule has 0 aliphatic heterocycles. The third-order valence-electron chi connectivity index (χ3n) is 2.59. The zero-order chi connectivity index (χ0) is 12.8. The van der Waals surface area contributed by atoms with Crippen LogP contribution in [0.25, 0.3) is 10.9 Å². The summed E-state index contributed by atoms with van der Waals surface area (Å²) < 4.78 is 0. The molecule has 0 radical (unpaired) electrons. The predicted molar refractivity (Wildman–Crippen MR) is 75.5 cm³/mol. The number of hydrogen-bond acceptors (Lipinski definition) is 1. The van der Waals surface area contributed by atoms with Gasteiger partial charge in [-0.1, -0.05) is 55.6 Å². The smallest absolute Gasteiger partial charge is 0.0921 e. The van der Waals surface area contributed by atoms with Gasteiger partial charge in [-0.05, 0) is 18.2 Å². The van der Waals surface area contributed by atoms with Gasteiger partial charge < -0.3 is 0 Å². The fourth-order valence-corrected chi connectivity index (χ4v) is 2.19. The zero-order valence-electron chi connectivity index (χ0n) is 9.81. The average Bonchev–Trinajstić information content (AvgIpc) is 2.22. The summed E-state index contributed by atoms with van der Waals surface area (Å²) in [5.41, 5.74) is 1.49. The minimum Gasteiger partial charge on any atom is -0.251 e. The van der Waals surface area contributed by atoms with Gasteiger partial charge in [-0.15, -0.1) is 0 Å². The van der Waals surface area contributed by atoms with Crippen LogP contribution in [0.4, 0.5) is 0 Å². The first-order valence-electron chi connectivity index (χ1n) is 5.25. The molecule has 0 atom stereocenters. The number of aromatic nitrogens is 1. The van der Waals surface area contributed by atoms with Gasteiger partial charge in [0.05, 0.1) is 20.6 Å². The van der Waals surface area contributed by atoms with Crippen LogP contribution in [0.3, 0.4) is 0 Å². The van der Waals surface area contributed by atoms with E-state index in [0.29, 0.717) is 20.6 Å². The fraction of sp³-hybridized carbons (Fsp3) is 0.308. The lowest BCUT2D eigenvalue weighted by atomic mass is 9.91. The predicted octanol–water partition coefficient (Wildman–Crippen LogP) is 5.49. The molecule has 17 heavy (non-hydrogen) atoms. The number of pyridine rings is 1. The Kier molecular flexibility index (Phi) is 3.28. The molecule has 0 amide bonds. The van der Waals surface area contributed by atoms with E-state index in [2.05, 4.69) is 25.8 Å². The third kappa shape index (κ3) is 2.37. The summed E-state index contributed by atoms with van der Waals surface area (Å²) in [5, 5.41) is 2.43. The first kappa shape index (κ1) is 12.9. The highest BCUT2D eigenvalue weighted by Crippen LogP contribution is 2.35. The van der Waals surface area contributed by atoms with E-state index in [0.717, 1.165) is 11.1 Å². The molecule has 0 saturated heterocycles. The van der Waals surface area contributed by atoms with Crippen LogP contribution in [0.2, 0.25) is 15.1 Å². The summed E-state index contributed by atoms with van der Waals surface area (Å²) in [7, 11) is 0. The molecule has 1 aromatic heterocycles. The van der Waals surface area contributed by atoms with Crippen molar-refractivity contribution in [1.82, 2.24) is 4.98 Å². The van der Waals surface area contributed by atoms with Gasteiger partial charge in [-0.2, -0.15) is 0 Å². The number of rotatable bonds is 0. The molecule has 0 N–H and O–H groups in total. The van der Waals surface area contributed by atoms with Crippen LogP contribution in [0.1, 0.15) is 26.5 Å². The summed E-state index contributed by atoms with van der Waals surface area (Å²) in [5.74, 6) is 0. The van der Waals surface area contributed by atoms with Gasteiger partial charge in [0.2, 0.25) is 0 Å². The van der Waals surface area contributed by atoms with Crippen molar-refractivity contribution in [3.63, 3.8) is 0 Å².